The van der Waals surface area contributed by atoms with E-state index in [1.165, 1.54) is 18.2 Å². The van der Waals surface area contributed by atoms with E-state index in [0.717, 1.165) is 41.8 Å². The highest BCUT2D eigenvalue weighted by Gasteiger charge is 2.61. The molecule has 4 nitrogen and oxygen atoms in total. The maximum atomic E-state index is 12.9. The minimum absolute atomic E-state index is 0.0709. The van der Waals surface area contributed by atoms with Gasteiger partial charge in [-0.05, 0) is 36.7 Å². The van der Waals surface area contributed by atoms with Gasteiger partial charge in [-0.3, -0.25) is 4.79 Å². The zero-order valence-electron chi connectivity index (χ0n) is 15.5. The van der Waals surface area contributed by atoms with E-state index in [1.807, 2.05) is 18.2 Å². The first-order valence-corrected chi connectivity index (χ1v) is 10.3. The molecule has 5 heteroatoms. The Morgan fingerprint density at radius 3 is 2.77 bits per heavy atom. The molecule has 26 heavy (non-hydrogen) atoms. The molecule has 2 aromatic rings. The number of hydrogen-bond acceptors (Lipinski definition) is 5. The molecule has 1 fully saturated rings. The highest BCUT2D eigenvalue weighted by molar-refractivity contribution is 8.00. The summed E-state index contributed by atoms with van der Waals surface area (Å²) in [7, 11) is 0. The third-order valence-electron chi connectivity index (χ3n) is 7.27. The molecule has 0 unspecified atom stereocenters. The molecule has 1 heterocycles. The Labute approximate surface area is 158 Å². The fourth-order valence-electron chi connectivity index (χ4n) is 5.22. The fraction of sp³-hybridized carbons (Fsp3) is 0.524. The van der Waals surface area contributed by atoms with Crippen LogP contribution in [-0.4, -0.2) is 26.2 Å². The van der Waals surface area contributed by atoms with Crippen molar-refractivity contribution in [2.45, 2.75) is 68.2 Å². The summed E-state index contributed by atoms with van der Waals surface area (Å²) in [5.41, 5.74) is 4.49. The van der Waals surface area contributed by atoms with E-state index in [1.54, 1.807) is 0 Å². The second kappa shape index (κ2) is 5.38. The van der Waals surface area contributed by atoms with Gasteiger partial charge in [0.05, 0.1) is 16.6 Å². The Kier molecular flexibility index (Phi) is 3.40. The second-order valence-electron chi connectivity index (χ2n) is 8.64. The maximum absolute atomic E-state index is 12.9. The highest BCUT2D eigenvalue weighted by Crippen LogP contribution is 2.66. The number of aromatic nitrogens is 3. The topological polar surface area (TPSA) is 55.7 Å². The third kappa shape index (κ3) is 2.04. The van der Waals surface area contributed by atoms with Crippen molar-refractivity contribution in [3.63, 3.8) is 0 Å². The first kappa shape index (κ1) is 16.4. The van der Waals surface area contributed by atoms with Crippen LogP contribution in [0.3, 0.4) is 0 Å². The van der Waals surface area contributed by atoms with Gasteiger partial charge in [0, 0.05) is 16.9 Å². The lowest BCUT2D eigenvalue weighted by atomic mass is 9.70. The Morgan fingerprint density at radius 1 is 1.12 bits per heavy atom. The van der Waals surface area contributed by atoms with Crippen LogP contribution in [0.2, 0.25) is 0 Å². The van der Waals surface area contributed by atoms with E-state index in [4.69, 9.17) is 4.98 Å². The van der Waals surface area contributed by atoms with Gasteiger partial charge in [0.1, 0.15) is 0 Å². The van der Waals surface area contributed by atoms with Crippen molar-refractivity contribution in [2.24, 2.45) is 5.41 Å². The lowest BCUT2D eigenvalue weighted by molar-refractivity contribution is 0.0979. The molecule has 3 atom stereocenters. The van der Waals surface area contributed by atoms with Gasteiger partial charge in [0.15, 0.2) is 5.78 Å². The zero-order valence-corrected chi connectivity index (χ0v) is 16.3. The molecule has 2 bridgehead atoms. The third-order valence-corrected chi connectivity index (χ3v) is 8.39. The SMILES string of the molecule is CC1(C)[C@H]2CC[C@@]1(C)c1nc(S[C@@H]3CCc4ccccc4C3=O)nnc12. The maximum Gasteiger partial charge on any atom is 0.210 e. The van der Waals surface area contributed by atoms with Crippen LogP contribution in [0.25, 0.3) is 0 Å². The molecule has 0 aliphatic heterocycles. The van der Waals surface area contributed by atoms with E-state index in [2.05, 4.69) is 37.0 Å². The van der Waals surface area contributed by atoms with Gasteiger partial charge >= 0.3 is 0 Å². The largest absolute Gasteiger partial charge is 0.293 e. The quantitative estimate of drug-likeness (QED) is 0.792. The van der Waals surface area contributed by atoms with E-state index in [9.17, 15) is 4.79 Å². The van der Waals surface area contributed by atoms with Crippen LogP contribution in [-0.2, 0) is 11.8 Å². The number of carbonyl (C=O) groups excluding carboxylic acids is 1. The van der Waals surface area contributed by atoms with Gasteiger partial charge in [-0.2, -0.15) is 5.10 Å². The van der Waals surface area contributed by atoms with Gasteiger partial charge in [0.25, 0.3) is 0 Å². The number of hydrogen-bond donors (Lipinski definition) is 0. The van der Waals surface area contributed by atoms with E-state index in [-0.39, 0.29) is 21.9 Å². The van der Waals surface area contributed by atoms with Crippen molar-refractivity contribution >= 4 is 17.5 Å². The van der Waals surface area contributed by atoms with Gasteiger partial charge in [-0.25, -0.2) is 4.98 Å². The van der Waals surface area contributed by atoms with E-state index < -0.39 is 0 Å². The molecular weight excluding hydrogens is 342 g/mol. The molecule has 0 N–H and O–H groups in total. The second-order valence-corrected chi connectivity index (χ2v) is 9.81. The van der Waals surface area contributed by atoms with Crippen molar-refractivity contribution in [1.82, 2.24) is 15.2 Å². The predicted molar refractivity (Wildman–Crippen MR) is 102 cm³/mol. The van der Waals surface area contributed by atoms with Crippen molar-refractivity contribution in [3.05, 3.63) is 46.8 Å². The van der Waals surface area contributed by atoms with Crippen molar-refractivity contribution in [1.29, 1.82) is 0 Å². The van der Waals surface area contributed by atoms with Crippen LogP contribution in [0.4, 0.5) is 0 Å². The van der Waals surface area contributed by atoms with E-state index in [0.29, 0.717) is 11.1 Å². The summed E-state index contributed by atoms with van der Waals surface area (Å²) in [6.45, 7) is 6.99. The van der Waals surface area contributed by atoms with Gasteiger partial charge in [0.2, 0.25) is 5.16 Å². The molecule has 1 aromatic carbocycles. The standard InChI is InChI=1S/C21H23N3OS/c1-20(2)14-10-11-21(20,3)18-16(14)23-24-19(22-18)26-15-9-8-12-6-4-5-7-13(12)17(15)25/h4-7,14-15H,8-11H2,1-3H3/t14-,15+,21-/m0/s1. The normalized spacial score (nSPS) is 31.0. The lowest BCUT2D eigenvalue weighted by Crippen LogP contribution is -2.32. The molecule has 1 saturated carbocycles. The minimum Gasteiger partial charge on any atom is -0.293 e. The lowest BCUT2D eigenvalue weighted by Gasteiger charge is -2.34. The summed E-state index contributed by atoms with van der Waals surface area (Å²) >= 11 is 1.49. The molecule has 5 rings (SSSR count). The summed E-state index contributed by atoms with van der Waals surface area (Å²) in [6.07, 6.45) is 4.12. The van der Waals surface area contributed by atoms with Crippen LogP contribution < -0.4 is 0 Å². The van der Waals surface area contributed by atoms with Crippen molar-refractivity contribution in [3.8, 4) is 0 Å². The number of ketones is 1. The first-order valence-electron chi connectivity index (χ1n) is 9.46. The van der Waals surface area contributed by atoms with Gasteiger partial charge < -0.3 is 0 Å². The molecule has 3 aliphatic rings. The summed E-state index contributed by atoms with van der Waals surface area (Å²) in [6, 6.07) is 7.94. The molecule has 0 amide bonds. The molecule has 0 radical (unpaired) electrons. The average Bonchev–Trinajstić information content (AvgIpc) is 2.97. The number of Topliss-reactive ketones (excluding diaryl/α,β-unsaturated/α-hetero) is 1. The number of aryl methyl sites for hydroxylation is 1. The van der Waals surface area contributed by atoms with Crippen LogP contribution >= 0.6 is 11.8 Å². The van der Waals surface area contributed by atoms with Crippen LogP contribution in [0, 0.1) is 5.41 Å². The Balaban J connectivity index is 1.45. The average molecular weight is 366 g/mol. The van der Waals surface area contributed by atoms with E-state index >= 15 is 0 Å². The Bertz CT molecular complexity index is 925. The molecular formula is C21H23N3OS. The van der Waals surface area contributed by atoms with Crippen LogP contribution in [0.5, 0.6) is 0 Å². The molecule has 134 valence electrons. The predicted octanol–water partition coefficient (Wildman–Crippen LogP) is 4.34. The van der Waals surface area contributed by atoms with Crippen LogP contribution in [0.15, 0.2) is 29.4 Å². The Morgan fingerprint density at radius 2 is 1.92 bits per heavy atom. The highest BCUT2D eigenvalue weighted by atomic mass is 32.2. The minimum atomic E-state index is -0.107. The summed E-state index contributed by atoms with van der Waals surface area (Å²) in [4.78, 5) is 17.8. The molecule has 3 aliphatic carbocycles. The number of rotatable bonds is 2. The van der Waals surface area contributed by atoms with Crippen LogP contribution in [0.1, 0.15) is 73.3 Å². The number of thioether (sulfide) groups is 1. The number of fused-ring (bicyclic) bond motifs is 6. The zero-order chi connectivity index (χ0) is 18.1. The van der Waals surface area contributed by atoms with Crippen molar-refractivity contribution < 1.29 is 4.79 Å². The van der Waals surface area contributed by atoms with Gasteiger partial charge in [-0.1, -0.05) is 56.8 Å². The summed E-state index contributed by atoms with van der Waals surface area (Å²) in [5, 5.41) is 9.52. The smallest absolute Gasteiger partial charge is 0.210 e. The van der Waals surface area contributed by atoms with Crippen molar-refractivity contribution in [2.75, 3.05) is 0 Å². The fourth-order valence-corrected chi connectivity index (χ4v) is 6.18. The summed E-state index contributed by atoms with van der Waals surface area (Å²) < 4.78 is 0. The monoisotopic (exact) mass is 365 g/mol. The molecule has 0 spiro atoms. The Hall–Kier alpha value is -1.75. The number of benzene rings is 1. The molecule has 1 aromatic heterocycles. The number of carbonyl (C=O) groups is 1. The first-order chi connectivity index (χ1) is 12.4. The number of nitrogens with zero attached hydrogens (tertiary/aromatic N) is 3. The van der Waals surface area contributed by atoms with Gasteiger partial charge in [-0.15, -0.1) is 5.10 Å². The molecule has 0 saturated heterocycles. The summed E-state index contributed by atoms with van der Waals surface area (Å²) in [5.74, 6) is 0.666.